The van der Waals surface area contributed by atoms with Crippen LogP contribution < -0.4 is 0 Å². The predicted octanol–water partition coefficient (Wildman–Crippen LogP) is 4.00. The summed E-state index contributed by atoms with van der Waals surface area (Å²) < 4.78 is 2.07. The molecule has 0 unspecified atom stereocenters. The number of fused-ring (bicyclic) bond motifs is 1. The predicted molar refractivity (Wildman–Crippen MR) is 97.2 cm³/mol. The Morgan fingerprint density at radius 1 is 1.33 bits per heavy atom. The molecule has 5 heteroatoms. The molecule has 4 nitrogen and oxygen atoms in total. The molecule has 0 aliphatic heterocycles. The van der Waals surface area contributed by atoms with Gasteiger partial charge in [-0.25, -0.2) is 4.98 Å². The summed E-state index contributed by atoms with van der Waals surface area (Å²) in [6.07, 6.45) is 4.78. The first kappa shape index (κ1) is 15.4. The minimum absolute atomic E-state index is 0.224. The van der Waals surface area contributed by atoms with E-state index in [1.54, 1.807) is 11.3 Å². The van der Waals surface area contributed by atoms with Gasteiger partial charge in [-0.2, -0.15) is 0 Å². The fourth-order valence-electron chi connectivity index (χ4n) is 3.22. The van der Waals surface area contributed by atoms with Gasteiger partial charge >= 0.3 is 0 Å². The summed E-state index contributed by atoms with van der Waals surface area (Å²) in [5.41, 5.74) is 3.09. The van der Waals surface area contributed by atoms with Gasteiger partial charge in [0.25, 0.3) is 0 Å². The van der Waals surface area contributed by atoms with Crippen LogP contribution in [-0.2, 0) is 11.2 Å². The number of carbonyl (C=O) groups is 1. The van der Waals surface area contributed by atoms with Crippen LogP contribution >= 0.6 is 11.3 Å². The zero-order chi connectivity index (χ0) is 16.7. The van der Waals surface area contributed by atoms with Crippen molar-refractivity contribution in [2.24, 2.45) is 0 Å². The summed E-state index contributed by atoms with van der Waals surface area (Å²) in [6.45, 7) is 4.20. The van der Waals surface area contributed by atoms with Gasteiger partial charge in [0, 0.05) is 34.9 Å². The van der Waals surface area contributed by atoms with E-state index in [0.717, 1.165) is 34.8 Å². The van der Waals surface area contributed by atoms with Gasteiger partial charge in [-0.05, 0) is 26.7 Å². The first-order valence-corrected chi connectivity index (χ1v) is 9.33. The minimum Gasteiger partial charge on any atom is -0.337 e. The number of nitrogens with zero attached hydrogens (tertiary/aromatic N) is 3. The van der Waals surface area contributed by atoms with E-state index in [1.165, 1.54) is 0 Å². The molecule has 1 amide bonds. The standard InChI is InChI=1S/C19H21N3OS/c1-13(2)22(15-8-9-15)18(23)10-16-12-24-19-20-17(11-21(16)19)14-6-4-3-5-7-14/h3-7,11-13,15H,8-10H2,1-2H3. The minimum atomic E-state index is 0.224. The van der Waals surface area contributed by atoms with E-state index in [1.807, 2.05) is 24.4 Å². The number of amides is 1. The van der Waals surface area contributed by atoms with Gasteiger partial charge in [0.15, 0.2) is 4.96 Å². The van der Waals surface area contributed by atoms with E-state index in [4.69, 9.17) is 4.98 Å². The van der Waals surface area contributed by atoms with E-state index < -0.39 is 0 Å². The quantitative estimate of drug-likeness (QED) is 0.704. The van der Waals surface area contributed by atoms with E-state index >= 15 is 0 Å². The zero-order valence-electron chi connectivity index (χ0n) is 14.0. The lowest BCUT2D eigenvalue weighted by Gasteiger charge is -2.26. The molecule has 0 saturated heterocycles. The third-order valence-electron chi connectivity index (χ3n) is 4.47. The molecular weight excluding hydrogens is 318 g/mol. The molecule has 0 N–H and O–H groups in total. The third-order valence-corrected chi connectivity index (χ3v) is 5.36. The summed E-state index contributed by atoms with van der Waals surface area (Å²) in [7, 11) is 0. The molecule has 3 aromatic rings. The van der Waals surface area contributed by atoms with Crippen molar-refractivity contribution in [3.05, 3.63) is 47.6 Å². The van der Waals surface area contributed by atoms with Gasteiger partial charge in [-0.1, -0.05) is 30.3 Å². The monoisotopic (exact) mass is 339 g/mol. The molecule has 24 heavy (non-hydrogen) atoms. The van der Waals surface area contributed by atoms with Gasteiger partial charge in [-0.15, -0.1) is 11.3 Å². The van der Waals surface area contributed by atoms with Crippen molar-refractivity contribution < 1.29 is 4.79 Å². The summed E-state index contributed by atoms with van der Waals surface area (Å²) in [5, 5.41) is 2.06. The number of thiazole rings is 1. The van der Waals surface area contributed by atoms with E-state index in [2.05, 4.69) is 40.7 Å². The zero-order valence-corrected chi connectivity index (χ0v) is 14.8. The summed E-state index contributed by atoms with van der Waals surface area (Å²) >= 11 is 1.60. The van der Waals surface area contributed by atoms with Gasteiger partial charge in [0.1, 0.15) is 0 Å². The molecule has 124 valence electrons. The normalized spacial score (nSPS) is 14.5. The summed E-state index contributed by atoms with van der Waals surface area (Å²) in [4.78, 5) is 20.4. The van der Waals surface area contributed by atoms with Gasteiger partial charge in [0.05, 0.1) is 12.1 Å². The lowest BCUT2D eigenvalue weighted by molar-refractivity contribution is -0.132. The maximum Gasteiger partial charge on any atom is 0.229 e. The molecule has 2 aromatic heterocycles. The molecule has 4 rings (SSSR count). The maximum atomic E-state index is 12.8. The van der Waals surface area contributed by atoms with Crippen LogP contribution in [-0.4, -0.2) is 32.3 Å². The van der Waals surface area contributed by atoms with E-state index in [0.29, 0.717) is 12.5 Å². The number of rotatable bonds is 5. The fraction of sp³-hybridized carbons (Fsp3) is 0.368. The second-order valence-electron chi connectivity index (χ2n) is 6.67. The Morgan fingerprint density at radius 2 is 2.08 bits per heavy atom. The van der Waals surface area contributed by atoms with Crippen LogP contribution in [0.2, 0.25) is 0 Å². The van der Waals surface area contributed by atoms with Crippen molar-refractivity contribution >= 4 is 22.2 Å². The second-order valence-corrected chi connectivity index (χ2v) is 7.51. The van der Waals surface area contributed by atoms with Crippen molar-refractivity contribution in [2.45, 2.75) is 45.2 Å². The molecule has 1 saturated carbocycles. The largest absolute Gasteiger partial charge is 0.337 e. The van der Waals surface area contributed by atoms with Crippen LogP contribution in [0.25, 0.3) is 16.2 Å². The van der Waals surface area contributed by atoms with Crippen LogP contribution in [0.3, 0.4) is 0 Å². The Hall–Kier alpha value is -2.14. The molecule has 0 radical (unpaired) electrons. The van der Waals surface area contributed by atoms with Gasteiger partial charge < -0.3 is 4.90 Å². The average Bonchev–Trinajstić information content (AvgIpc) is 3.18. The van der Waals surface area contributed by atoms with E-state index in [-0.39, 0.29) is 11.9 Å². The molecule has 1 aromatic carbocycles. The Kier molecular flexibility index (Phi) is 3.88. The lowest BCUT2D eigenvalue weighted by Crippen LogP contribution is -2.39. The summed E-state index contributed by atoms with van der Waals surface area (Å²) in [6, 6.07) is 10.9. The topological polar surface area (TPSA) is 37.6 Å². The van der Waals surface area contributed by atoms with Crippen LogP contribution in [0.15, 0.2) is 41.9 Å². The number of aromatic nitrogens is 2. The van der Waals surface area contributed by atoms with Gasteiger partial charge in [0.2, 0.25) is 5.91 Å². The molecular formula is C19H21N3OS. The van der Waals surface area contributed by atoms with Crippen molar-refractivity contribution in [1.29, 1.82) is 0 Å². The smallest absolute Gasteiger partial charge is 0.229 e. The average molecular weight is 339 g/mol. The van der Waals surface area contributed by atoms with Crippen molar-refractivity contribution in [2.75, 3.05) is 0 Å². The fourth-order valence-corrected chi connectivity index (χ4v) is 4.09. The third kappa shape index (κ3) is 2.84. The Bertz CT molecular complexity index is 859. The van der Waals surface area contributed by atoms with Crippen LogP contribution in [0, 0.1) is 0 Å². The number of carbonyl (C=O) groups excluding carboxylic acids is 1. The maximum absolute atomic E-state index is 12.8. The van der Waals surface area contributed by atoms with Crippen molar-refractivity contribution in [3.8, 4) is 11.3 Å². The highest BCUT2D eigenvalue weighted by molar-refractivity contribution is 7.15. The molecule has 1 aliphatic rings. The molecule has 0 spiro atoms. The number of benzene rings is 1. The first-order valence-electron chi connectivity index (χ1n) is 8.45. The molecule has 0 bridgehead atoms. The first-order chi connectivity index (χ1) is 11.6. The number of imidazole rings is 1. The highest BCUT2D eigenvalue weighted by atomic mass is 32.1. The molecule has 2 heterocycles. The Labute approximate surface area is 145 Å². The SMILES string of the molecule is CC(C)N(C(=O)Cc1csc2nc(-c3ccccc3)cn12)C1CC1. The highest BCUT2D eigenvalue weighted by Gasteiger charge is 2.34. The van der Waals surface area contributed by atoms with E-state index in [9.17, 15) is 4.79 Å². The number of hydrogen-bond acceptors (Lipinski definition) is 3. The Balaban J connectivity index is 1.60. The highest BCUT2D eigenvalue weighted by Crippen LogP contribution is 2.30. The van der Waals surface area contributed by atoms with Crippen molar-refractivity contribution in [1.82, 2.24) is 14.3 Å². The van der Waals surface area contributed by atoms with Crippen LogP contribution in [0.5, 0.6) is 0 Å². The van der Waals surface area contributed by atoms with Crippen LogP contribution in [0.4, 0.5) is 0 Å². The second kappa shape index (κ2) is 6.06. The lowest BCUT2D eigenvalue weighted by atomic mass is 10.2. The molecule has 1 aliphatic carbocycles. The van der Waals surface area contributed by atoms with Crippen LogP contribution in [0.1, 0.15) is 32.4 Å². The summed E-state index contributed by atoms with van der Waals surface area (Å²) in [5.74, 6) is 0.224. The van der Waals surface area contributed by atoms with Crippen molar-refractivity contribution in [3.63, 3.8) is 0 Å². The molecule has 1 fully saturated rings. The van der Waals surface area contributed by atoms with Gasteiger partial charge in [-0.3, -0.25) is 9.20 Å². The Morgan fingerprint density at radius 3 is 2.75 bits per heavy atom. The molecule has 0 atom stereocenters. The number of hydrogen-bond donors (Lipinski definition) is 0.